The average Bonchev–Trinajstić information content (AvgIpc) is 2.96. The number of ether oxygens (including phenoxy) is 2. The van der Waals surface area contributed by atoms with E-state index in [0.29, 0.717) is 31.8 Å². The first kappa shape index (κ1) is 33.2. The van der Waals surface area contributed by atoms with Crippen LogP contribution in [-0.2, 0) is 23.9 Å². The second-order valence-corrected chi connectivity index (χ2v) is 10.8. The van der Waals surface area contributed by atoms with Gasteiger partial charge in [-0.2, -0.15) is 13.2 Å². The van der Waals surface area contributed by atoms with Gasteiger partial charge in [-0.3, -0.25) is 9.80 Å². The van der Waals surface area contributed by atoms with Gasteiger partial charge in [-0.15, -0.1) is 12.4 Å². The predicted molar refractivity (Wildman–Crippen MR) is 161 cm³/mol. The molecule has 1 fully saturated rings. The van der Waals surface area contributed by atoms with Crippen molar-refractivity contribution >= 4 is 24.0 Å². The Balaban J connectivity index is 0.00000462. The molecular weight excluding hydrogens is 572 g/mol. The van der Waals surface area contributed by atoms with Gasteiger partial charge in [0.2, 0.25) is 0 Å². The van der Waals surface area contributed by atoms with Crippen LogP contribution in [0.3, 0.4) is 0 Å². The van der Waals surface area contributed by atoms with E-state index in [1.807, 2.05) is 30.3 Å². The number of alkyl halides is 3. The minimum absolute atomic E-state index is 0. The van der Waals surface area contributed by atoms with Crippen LogP contribution in [0, 0.1) is 0 Å². The summed E-state index contributed by atoms with van der Waals surface area (Å²) >= 11 is 6.24. The highest BCUT2D eigenvalue weighted by Gasteiger charge is 2.34. The molecule has 0 aromatic heterocycles. The zero-order valence-electron chi connectivity index (χ0n) is 23.4. The molecule has 0 unspecified atom stereocenters. The minimum Gasteiger partial charge on any atom is -0.494 e. The average molecular weight is 612 g/mol. The van der Waals surface area contributed by atoms with E-state index in [1.54, 1.807) is 6.07 Å². The van der Waals surface area contributed by atoms with Gasteiger partial charge in [-0.05, 0) is 53.6 Å². The monoisotopic (exact) mass is 610 g/mol. The summed E-state index contributed by atoms with van der Waals surface area (Å²) in [6.45, 7) is 8.87. The molecule has 3 aromatic rings. The molecule has 224 valence electrons. The summed E-state index contributed by atoms with van der Waals surface area (Å²) in [5.41, 5.74) is 2.11. The Labute approximate surface area is 252 Å². The third kappa shape index (κ3) is 10.5. The molecule has 0 aliphatic carbocycles. The molecule has 1 atom stereocenters. The Bertz CT molecular complexity index is 1190. The van der Waals surface area contributed by atoms with Gasteiger partial charge >= 0.3 is 6.18 Å². The third-order valence-corrected chi connectivity index (χ3v) is 7.73. The van der Waals surface area contributed by atoms with Crippen LogP contribution in [0.1, 0.15) is 41.5 Å². The summed E-state index contributed by atoms with van der Waals surface area (Å²) in [7, 11) is 0. The predicted octanol–water partition coefficient (Wildman–Crippen LogP) is 7.73. The van der Waals surface area contributed by atoms with E-state index in [4.69, 9.17) is 21.1 Å². The van der Waals surface area contributed by atoms with Crippen LogP contribution in [0.5, 0.6) is 5.75 Å². The molecule has 4 rings (SSSR count). The van der Waals surface area contributed by atoms with Crippen LogP contribution in [0.4, 0.5) is 13.2 Å². The Morgan fingerprint density at radius 3 is 2.46 bits per heavy atom. The smallest absolute Gasteiger partial charge is 0.417 e. The van der Waals surface area contributed by atoms with Gasteiger partial charge in [0.1, 0.15) is 5.75 Å². The minimum atomic E-state index is -4.49. The summed E-state index contributed by atoms with van der Waals surface area (Å²) in [5, 5.41) is -0.225. The van der Waals surface area contributed by atoms with Gasteiger partial charge < -0.3 is 9.47 Å². The van der Waals surface area contributed by atoms with E-state index in [-0.39, 0.29) is 23.3 Å². The molecule has 1 heterocycles. The molecule has 0 saturated carbocycles. The van der Waals surface area contributed by atoms with Gasteiger partial charge in [-0.25, -0.2) is 0 Å². The first-order valence-corrected chi connectivity index (χ1v) is 14.3. The van der Waals surface area contributed by atoms with Crippen LogP contribution in [-0.4, -0.2) is 62.3 Å². The van der Waals surface area contributed by atoms with Crippen molar-refractivity contribution < 1.29 is 22.6 Å². The van der Waals surface area contributed by atoms with Crippen molar-refractivity contribution in [3.63, 3.8) is 0 Å². The number of hydrogen-bond donors (Lipinski definition) is 0. The molecule has 1 aliphatic heterocycles. The molecule has 41 heavy (non-hydrogen) atoms. The lowest BCUT2D eigenvalue weighted by atomic mass is 10.00. The van der Waals surface area contributed by atoms with Crippen molar-refractivity contribution in [3.05, 3.63) is 100 Å². The highest BCUT2D eigenvalue weighted by atomic mass is 35.5. The third-order valence-electron chi connectivity index (χ3n) is 7.28. The molecule has 1 aliphatic rings. The highest BCUT2D eigenvalue weighted by molar-refractivity contribution is 6.32. The Morgan fingerprint density at radius 1 is 1.00 bits per heavy atom. The first-order valence-electron chi connectivity index (χ1n) is 13.9. The lowest BCUT2D eigenvalue weighted by molar-refractivity contribution is -0.137. The Morgan fingerprint density at radius 2 is 1.73 bits per heavy atom. The van der Waals surface area contributed by atoms with Crippen LogP contribution < -0.4 is 4.74 Å². The molecule has 9 heteroatoms. The van der Waals surface area contributed by atoms with Gasteiger partial charge in [0.15, 0.2) is 0 Å². The van der Waals surface area contributed by atoms with Crippen molar-refractivity contribution in [2.75, 3.05) is 52.5 Å². The topological polar surface area (TPSA) is 24.9 Å². The van der Waals surface area contributed by atoms with E-state index in [1.165, 1.54) is 17.2 Å². The summed E-state index contributed by atoms with van der Waals surface area (Å²) in [6.07, 6.45) is -2.80. The quantitative estimate of drug-likeness (QED) is 0.185. The number of nitrogens with zero attached hydrogens (tertiary/aromatic N) is 2. The van der Waals surface area contributed by atoms with Crippen molar-refractivity contribution in [1.29, 1.82) is 0 Å². The molecule has 0 spiro atoms. The van der Waals surface area contributed by atoms with Crippen LogP contribution in [0.2, 0.25) is 5.02 Å². The van der Waals surface area contributed by atoms with Gasteiger partial charge in [0.05, 0.1) is 30.4 Å². The van der Waals surface area contributed by atoms with Crippen LogP contribution in [0.25, 0.3) is 0 Å². The lowest BCUT2D eigenvalue weighted by Gasteiger charge is -2.27. The van der Waals surface area contributed by atoms with E-state index in [9.17, 15) is 13.2 Å². The highest BCUT2D eigenvalue weighted by Crippen LogP contribution is 2.36. The summed E-state index contributed by atoms with van der Waals surface area (Å²) in [4.78, 5) is 4.58. The molecule has 3 aromatic carbocycles. The zero-order valence-corrected chi connectivity index (χ0v) is 25.0. The van der Waals surface area contributed by atoms with Crippen molar-refractivity contribution in [2.24, 2.45) is 0 Å². The van der Waals surface area contributed by atoms with Gasteiger partial charge in [0.25, 0.3) is 0 Å². The van der Waals surface area contributed by atoms with E-state index in [0.717, 1.165) is 57.5 Å². The first-order chi connectivity index (χ1) is 19.3. The fourth-order valence-corrected chi connectivity index (χ4v) is 5.34. The zero-order chi connectivity index (χ0) is 28.4. The SMILES string of the molecule is C[C@H](CN(CCCOc1cccc(CCN2CCOCC2)c1)Cc1cccc(C(F)(F)F)c1Cl)c1ccccc1.Cl. The summed E-state index contributed by atoms with van der Waals surface area (Å²) < 4.78 is 51.9. The number of benzene rings is 3. The number of morpholine rings is 1. The largest absolute Gasteiger partial charge is 0.494 e. The second-order valence-electron chi connectivity index (χ2n) is 10.4. The van der Waals surface area contributed by atoms with E-state index < -0.39 is 11.7 Å². The Hall–Kier alpha value is -2.29. The van der Waals surface area contributed by atoms with Crippen molar-refractivity contribution in [1.82, 2.24) is 9.80 Å². The van der Waals surface area contributed by atoms with Gasteiger partial charge in [-0.1, -0.05) is 73.1 Å². The van der Waals surface area contributed by atoms with Crippen molar-refractivity contribution in [2.45, 2.75) is 38.4 Å². The van der Waals surface area contributed by atoms with E-state index in [2.05, 4.69) is 41.0 Å². The maximum absolute atomic E-state index is 13.5. The normalized spacial score (nSPS) is 15.0. The maximum atomic E-state index is 13.5. The number of hydrogen-bond acceptors (Lipinski definition) is 4. The van der Waals surface area contributed by atoms with Crippen LogP contribution >= 0.6 is 24.0 Å². The van der Waals surface area contributed by atoms with E-state index >= 15 is 0 Å². The molecule has 0 radical (unpaired) electrons. The second kappa shape index (κ2) is 16.4. The fourth-order valence-electron chi connectivity index (χ4n) is 5.05. The lowest BCUT2D eigenvalue weighted by Crippen LogP contribution is -2.37. The number of halogens is 5. The fraction of sp³-hybridized carbons (Fsp3) is 0.438. The van der Waals surface area contributed by atoms with Crippen molar-refractivity contribution in [3.8, 4) is 5.75 Å². The Kier molecular flexibility index (Phi) is 13.3. The standard InChI is InChI=1S/C32H38ClF3N2O2.ClH/c1-25(27-9-3-2-4-10-27)23-38(24-28-11-6-13-30(31(28)33)32(34,35)36)15-7-19-40-29-12-5-8-26(22-29)14-16-37-17-20-39-21-18-37;/h2-6,8-13,22,25H,7,14-21,23-24H2,1H3;1H/t25-;/m1./s1. The summed E-state index contributed by atoms with van der Waals surface area (Å²) in [5.74, 6) is 1.04. The molecule has 4 nitrogen and oxygen atoms in total. The summed E-state index contributed by atoms with van der Waals surface area (Å²) in [6, 6.07) is 22.5. The molecule has 0 N–H and O–H groups in total. The molecular formula is C32H39Cl2F3N2O2. The van der Waals surface area contributed by atoms with Crippen LogP contribution in [0.15, 0.2) is 72.8 Å². The maximum Gasteiger partial charge on any atom is 0.417 e. The molecule has 0 amide bonds. The molecule has 0 bridgehead atoms. The molecule has 1 saturated heterocycles. The number of rotatable bonds is 13. The van der Waals surface area contributed by atoms with Gasteiger partial charge in [0, 0.05) is 39.3 Å².